The highest BCUT2D eigenvalue weighted by Crippen LogP contribution is 2.54. The van der Waals surface area contributed by atoms with Gasteiger partial charge in [0, 0.05) is 17.5 Å². The van der Waals surface area contributed by atoms with Crippen LogP contribution in [-0.4, -0.2) is 19.8 Å². The number of nitrogens with two attached hydrogens (primary N) is 1. The van der Waals surface area contributed by atoms with Crippen LogP contribution in [0.15, 0.2) is 16.6 Å². The van der Waals surface area contributed by atoms with Crippen molar-refractivity contribution in [1.29, 1.82) is 0 Å². The maximum absolute atomic E-state index is 5.86. The molecule has 1 aliphatic heterocycles. The minimum atomic E-state index is 0.144. The van der Waals surface area contributed by atoms with Crippen molar-refractivity contribution in [3.05, 3.63) is 22.2 Å². The number of halogens is 1. The topological polar surface area (TPSA) is 44.5 Å². The van der Waals surface area contributed by atoms with E-state index >= 15 is 0 Å². The molecule has 1 saturated carbocycles. The second kappa shape index (κ2) is 3.64. The van der Waals surface area contributed by atoms with Crippen LogP contribution in [0.5, 0.6) is 11.5 Å². The van der Waals surface area contributed by atoms with E-state index in [2.05, 4.69) is 22.0 Å². The number of benzene rings is 1. The number of rotatable bonds is 2. The van der Waals surface area contributed by atoms with E-state index in [4.69, 9.17) is 15.2 Å². The SMILES string of the molecule is NCC1(c2ccc(Br)c3c2OCCO3)CC1. The van der Waals surface area contributed by atoms with Crippen molar-refractivity contribution in [2.75, 3.05) is 19.8 Å². The van der Waals surface area contributed by atoms with E-state index in [0.717, 1.165) is 28.8 Å². The Bertz CT molecular complexity index is 429. The van der Waals surface area contributed by atoms with Gasteiger partial charge < -0.3 is 15.2 Å². The van der Waals surface area contributed by atoms with Crippen LogP contribution in [0.25, 0.3) is 0 Å². The van der Waals surface area contributed by atoms with Crippen LogP contribution in [-0.2, 0) is 5.41 Å². The third-order valence-electron chi connectivity index (χ3n) is 3.46. The molecule has 3 nitrogen and oxygen atoms in total. The van der Waals surface area contributed by atoms with Crippen LogP contribution in [0.1, 0.15) is 18.4 Å². The fourth-order valence-corrected chi connectivity index (χ4v) is 2.68. The lowest BCUT2D eigenvalue weighted by Gasteiger charge is -2.25. The highest BCUT2D eigenvalue weighted by Gasteiger charge is 2.46. The molecule has 0 saturated heterocycles. The number of ether oxygens (including phenoxy) is 2. The van der Waals surface area contributed by atoms with E-state index in [1.54, 1.807) is 0 Å². The zero-order valence-electron chi connectivity index (χ0n) is 8.96. The van der Waals surface area contributed by atoms with E-state index in [1.165, 1.54) is 5.56 Å². The van der Waals surface area contributed by atoms with Gasteiger partial charge in [0.25, 0.3) is 0 Å². The highest BCUT2D eigenvalue weighted by atomic mass is 79.9. The molecule has 2 N–H and O–H groups in total. The van der Waals surface area contributed by atoms with Gasteiger partial charge in [-0.05, 0) is 34.8 Å². The molecule has 1 fully saturated rings. The molecule has 4 heteroatoms. The van der Waals surface area contributed by atoms with Gasteiger partial charge in [0.1, 0.15) is 13.2 Å². The number of fused-ring (bicyclic) bond motifs is 1. The monoisotopic (exact) mass is 283 g/mol. The maximum Gasteiger partial charge on any atom is 0.175 e. The molecule has 1 aromatic rings. The first-order valence-electron chi connectivity index (χ1n) is 5.55. The van der Waals surface area contributed by atoms with Crippen molar-refractivity contribution in [3.8, 4) is 11.5 Å². The normalized spacial score (nSPS) is 20.6. The molecule has 1 aromatic carbocycles. The molecule has 86 valence electrons. The van der Waals surface area contributed by atoms with E-state index in [1.807, 2.05) is 6.07 Å². The summed E-state index contributed by atoms with van der Waals surface area (Å²) in [5, 5.41) is 0. The van der Waals surface area contributed by atoms with Gasteiger partial charge in [0.05, 0.1) is 4.47 Å². The summed E-state index contributed by atoms with van der Waals surface area (Å²) in [5.74, 6) is 1.73. The van der Waals surface area contributed by atoms with Crippen LogP contribution in [0.2, 0.25) is 0 Å². The smallest absolute Gasteiger partial charge is 0.175 e. The first-order chi connectivity index (χ1) is 7.77. The molecule has 0 radical (unpaired) electrons. The predicted molar refractivity (Wildman–Crippen MR) is 65.1 cm³/mol. The Hall–Kier alpha value is -0.740. The van der Waals surface area contributed by atoms with Crippen molar-refractivity contribution < 1.29 is 9.47 Å². The third-order valence-corrected chi connectivity index (χ3v) is 4.08. The Morgan fingerprint density at radius 2 is 1.88 bits per heavy atom. The van der Waals surface area contributed by atoms with Crippen LogP contribution < -0.4 is 15.2 Å². The van der Waals surface area contributed by atoms with Crippen LogP contribution in [0, 0.1) is 0 Å². The molecular weight excluding hydrogens is 270 g/mol. The minimum Gasteiger partial charge on any atom is -0.486 e. The van der Waals surface area contributed by atoms with Crippen molar-refractivity contribution in [3.63, 3.8) is 0 Å². The summed E-state index contributed by atoms with van der Waals surface area (Å²) in [6.07, 6.45) is 2.31. The number of hydrogen-bond donors (Lipinski definition) is 1. The van der Waals surface area contributed by atoms with Gasteiger partial charge in [-0.3, -0.25) is 0 Å². The second-order valence-corrected chi connectivity index (χ2v) is 5.29. The zero-order chi connectivity index (χ0) is 11.2. The summed E-state index contributed by atoms with van der Waals surface area (Å²) < 4.78 is 12.4. The van der Waals surface area contributed by atoms with Crippen molar-refractivity contribution >= 4 is 15.9 Å². The summed E-state index contributed by atoms with van der Waals surface area (Å²) in [6, 6.07) is 4.13. The summed E-state index contributed by atoms with van der Waals surface area (Å²) in [6.45, 7) is 1.92. The molecule has 1 aliphatic carbocycles. The molecule has 0 atom stereocenters. The second-order valence-electron chi connectivity index (χ2n) is 4.43. The standard InChI is InChI=1S/C12H14BrNO2/c13-9-2-1-8(12(7-14)3-4-12)10-11(9)16-6-5-15-10/h1-2H,3-7,14H2. The van der Waals surface area contributed by atoms with Gasteiger partial charge in [0.2, 0.25) is 0 Å². The molecule has 0 bridgehead atoms. The lowest BCUT2D eigenvalue weighted by molar-refractivity contribution is 0.167. The van der Waals surface area contributed by atoms with Crippen molar-refractivity contribution in [1.82, 2.24) is 0 Å². The summed E-state index contributed by atoms with van der Waals surface area (Å²) in [5.41, 5.74) is 7.22. The van der Waals surface area contributed by atoms with Gasteiger partial charge in [-0.25, -0.2) is 0 Å². The molecule has 16 heavy (non-hydrogen) atoms. The Kier molecular flexibility index (Phi) is 2.37. The average molecular weight is 284 g/mol. The van der Waals surface area contributed by atoms with Crippen molar-refractivity contribution in [2.45, 2.75) is 18.3 Å². The maximum atomic E-state index is 5.86. The van der Waals surface area contributed by atoms with E-state index in [0.29, 0.717) is 19.8 Å². The van der Waals surface area contributed by atoms with E-state index in [-0.39, 0.29) is 5.41 Å². The average Bonchev–Trinajstić information content (AvgIpc) is 3.11. The highest BCUT2D eigenvalue weighted by molar-refractivity contribution is 9.10. The summed E-state index contributed by atoms with van der Waals surface area (Å²) in [7, 11) is 0. The quantitative estimate of drug-likeness (QED) is 0.905. The Morgan fingerprint density at radius 3 is 2.50 bits per heavy atom. The van der Waals surface area contributed by atoms with Crippen LogP contribution in [0.3, 0.4) is 0 Å². The van der Waals surface area contributed by atoms with Gasteiger partial charge in [-0.15, -0.1) is 0 Å². The number of hydrogen-bond acceptors (Lipinski definition) is 3. The van der Waals surface area contributed by atoms with Crippen LogP contribution in [0.4, 0.5) is 0 Å². The predicted octanol–water partition coefficient (Wildman–Crippen LogP) is 2.21. The first-order valence-corrected chi connectivity index (χ1v) is 6.35. The van der Waals surface area contributed by atoms with E-state index in [9.17, 15) is 0 Å². The molecular formula is C12H14BrNO2. The molecule has 0 amide bonds. The Balaban J connectivity index is 2.12. The van der Waals surface area contributed by atoms with Gasteiger partial charge in [-0.2, -0.15) is 0 Å². The minimum absolute atomic E-state index is 0.144. The fourth-order valence-electron chi connectivity index (χ4n) is 2.26. The van der Waals surface area contributed by atoms with Gasteiger partial charge >= 0.3 is 0 Å². The zero-order valence-corrected chi connectivity index (χ0v) is 10.5. The molecule has 0 unspecified atom stereocenters. The van der Waals surface area contributed by atoms with E-state index < -0.39 is 0 Å². The largest absolute Gasteiger partial charge is 0.486 e. The molecule has 0 spiro atoms. The van der Waals surface area contributed by atoms with Gasteiger partial charge in [-0.1, -0.05) is 6.07 Å². The van der Waals surface area contributed by atoms with Crippen LogP contribution >= 0.6 is 15.9 Å². The molecule has 0 aromatic heterocycles. The lowest BCUT2D eigenvalue weighted by Crippen LogP contribution is -2.24. The third kappa shape index (κ3) is 1.44. The Labute approximate surface area is 103 Å². The molecule has 1 heterocycles. The lowest BCUT2D eigenvalue weighted by atomic mass is 9.94. The fraction of sp³-hybridized carbons (Fsp3) is 0.500. The first kappa shape index (κ1) is 10.4. The Morgan fingerprint density at radius 1 is 1.19 bits per heavy atom. The van der Waals surface area contributed by atoms with Gasteiger partial charge in [0.15, 0.2) is 11.5 Å². The molecule has 3 rings (SSSR count). The molecule has 2 aliphatic rings. The van der Waals surface area contributed by atoms with Crippen molar-refractivity contribution in [2.24, 2.45) is 5.73 Å². The summed E-state index contributed by atoms with van der Waals surface area (Å²) in [4.78, 5) is 0. The summed E-state index contributed by atoms with van der Waals surface area (Å²) >= 11 is 3.49.